The molecule has 0 bridgehead atoms. The van der Waals surface area contributed by atoms with E-state index in [1.165, 1.54) is 17.7 Å². The van der Waals surface area contributed by atoms with Gasteiger partial charge < -0.3 is 11.1 Å². The van der Waals surface area contributed by atoms with E-state index < -0.39 is 5.82 Å². The summed E-state index contributed by atoms with van der Waals surface area (Å²) in [6.45, 7) is 2.82. The van der Waals surface area contributed by atoms with Gasteiger partial charge in [-0.05, 0) is 17.5 Å². The normalized spacial score (nSPS) is 12.2. The van der Waals surface area contributed by atoms with Crippen LogP contribution in [0.15, 0.2) is 42.5 Å². The zero-order chi connectivity index (χ0) is 13.8. The van der Waals surface area contributed by atoms with Crippen molar-refractivity contribution in [2.24, 2.45) is 0 Å². The minimum atomic E-state index is -0.499. The monoisotopic (exact) mass is 278 g/mol. The number of benzene rings is 2. The maximum absolute atomic E-state index is 13.2. The third-order valence-corrected chi connectivity index (χ3v) is 3.35. The van der Waals surface area contributed by atoms with Crippen LogP contribution in [0.25, 0.3) is 0 Å². The van der Waals surface area contributed by atoms with Crippen molar-refractivity contribution in [1.29, 1.82) is 0 Å². The van der Waals surface area contributed by atoms with E-state index in [1.54, 1.807) is 0 Å². The summed E-state index contributed by atoms with van der Waals surface area (Å²) in [6.07, 6.45) is 0. The van der Waals surface area contributed by atoms with Crippen molar-refractivity contribution < 1.29 is 4.39 Å². The van der Waals surface area contributed by atoms with E-state index in [4.69, 9.17) is 17.3 Å². The van der Waals surface area contributed by atoms with E-state index in [0.29, 0.717) is 23.8 Å². The Morgan fingerprint density at radius 2 is 1.95 bits per heavy atom. The Bertz CT molecular complexity index is 558. The molecule has 2 aromatic carbocycles. The van der Waals surface area contributed by atoms with Gasteiger partial charge in [-0.25, -0.2) is 4.39 Å². The molecule has 0 heterocycles. The molecule has 0 amide bonds. The molecule has 0 saturated heterocycles. The molecular weight excluding hydrogens is 263 g/mol. The van der Waals surface area contributed by atoms with Crippen molar-refractivity contribution in [2.45, 2.75) is 12.8 Å². The maximum Gasteiger partial charge on any atom is 0.143 e. The molecule has 100 valence electrons. The minimum absolute atomic E-state index is 0.0732. The van der Waals surface area contributed by atoms with Gasteiger partial charge in [-0.15, -0.1) is 0 Å². The second kappa shape index (κ2) is 5.93. The van der Waals surface area contributed by atoms with Gasteiger partial charge in [0, 0.05) is 12.6 Å². The first-order valence-corrected chi connectivity index (χ1v) is 6.49. The Labute approximate surface area is 117 Å². The van der Waals surface area contributed by atoms with Crippen LogP contribution < -0.4 is 11.1 Å². The quantitative estimate of drug-likeness (QED) is 0.820. The molecule has 4 heteroatoms. The Balaban J connectivity index is 2.05. The van der Waals surface area contributed by atoms with Gasteiger partial charge in [0.15, 0.2) is 0 Å². The average molecular weight is 279 g/mol. The summed E-state index contributed by atoms with van der Waals surface area (Å²) in [5.74, 6) is -0.176. The third-order valence-electron chi connectivity index (χ3n) is 3.06. The van der Waals surface area contributed by atoms with E-state index in [1.807, 2.05) is 18.2 Å². The highest BCUT2D eigenvalue weighted by Crippen LogP contribution is 2.27. The molecule has 0 aliphatic rings. The van der Waals surface area contributed by atoms with E-state index in [9.17, 15) is 4.39 Å². The van der Waals surface area contributed by atoms with Crippen molar-refractivity contribution in [1.82, 2.24) is 0 Å². The SMILES string of the molecule is CC(CNc1cc(Cl)c(F)cc1N)c1ccccc1. The van der Waals surface area contributed by atoms with E-state index in [0.717, 1.165) is 0 Å². The zero-order valence-electron chi connectivity index (χ0n) is 10.7. The number of halogens is 2. The van der Waals surface area contributed by atoms with Crippen LogP contribution in [-0.4, -0.2) is 6.54 Å². The fourth-order valence-corrected chi connectivity index (χ4v) is 2.04. The van der Waals surface area contributed by atoms with Crippen LogP contribution in [0.4, 0.5) is 15.8 Å². The van der Waals surface area contributed by atoms with E-state index in [2.05, 4.69) is 24.4 Å². The van der Waals surface area contributed by atoms with Gasteiger partial charge in [0.05, 0.1) is 16.4 Å². The van der Waals surface area contributed by atoms with Gasteiger partial charge in [-0.1, -0.05) is 48.9 Å². The summed E-state index contributed by atoms with van der Waals surface area (Å²) in [6, 6.07) is 12.9. The van der Waals surface area contributed by atoms with Crippen molar-refractivity contribution >= 4 is 23.0 Å². The molecule has 19 heavy (non-hydrogen) atoms. The predicted octanol–water partition coefficient (Wildman–Crippen LogP) is 4.28. The van der Waals surface area contributed by atoms with Crippen LogP contribution >= 0.6 is 11.6 Å². The van der Waals surface area contributed by atoms with Gasteiger partial charge in [-0.2, -0.15) is 0 Å². The molecule has 1 unspecified atom stereocenters. The number of nitrogens with one attached hydrogen (secondary N) is 1. The lowest BCUT2D eigenvalue weighted by molar-refractivity contribution is 0.629. The highest BCUT2D eigenvalue weighted by Gasteiger charge is 2.08. The molecule has 0 aliphatic heterocycles. The van der Waals surface area contributed by atoms with Gasteiger partial charge >= 0.3 is 0 Å². The van der Waals surface area contributed by atoms with Gasteiger partial charge in [0.25, 0.3) is 0 Å². The van der Waals surface area contributed by atoms with Gasteiger partial charge in [0.2, 0.25) is 0 Å². The van der Waals surface area contributed by atoms with Crippen molar-refractivity contribution in [3.05, 3.63) is 58.9 Å². The first-order valence-electron chi connectivity index (χ1n) is 6.11. The predicted molar refractivity (Wildman–Crippen MR) is 79.2 cm³/mol. The fourth-order valence-electron chi connectivity index (χ4n) is 1.88. The number of anilines is 2. The number of nitrogens with two attached hydrogens (primary N) is 1. The molecule has 2 aromatic rings. The molecule has 0 radical (unpaired) electrons. The van der Waals surface area contributed by atoms with Crippen molar-refractivity contribution in [3.63, 3.8) is 0 Å². The van der Waals surface area contributed by atoms with Gasteiger partial charge in [-0.3, -0.25) is 0 Å². The lowest BCUT2D eigenvalue weighted by atomic mass is 10.0. The van der Waals surface area contributed by atoms with E-state index in [-0.39, 0.29) is 5.02 Å². The Hall–Kier alpha value is -1.74. The average Bonchev–Trinajstić information content (AvgIpc) is 2.42. The van der Waals surface area contributed by atoms with Crippen LogP contribution in [0, 0.1) is 5.82 Å². The van der Waals surface area contributed by atoms with Crippen LogP contribution in [-0.2, 0) is 0 Å². The lowest BCUT2D eigenvalue weighted by Crippen LogP contribution is -2.11. The summed E-state index contributed by atoms with van der Waals surface area (Å²) in [5.41, 5.74) is 8.02. The first kappa shape index (κ1) is 13.7. The summed E-state index contributed by atoms with van der Waals surface area (Å²) in [7, 11) is 0. The number of nitrogen functional groups attached to an aromatic ring is 1. The second-order valence-electron chi connectivity index (χ2n) is 4.55. The molecule has 2 nitrogen and oxygen atoms in total. The molecule has 0 aliphatic carbocycles. The fraction of sp³-hybridized carbons (Fsp3) is 0.200. The lowest BCUT2D eigenvalue weighted by Gasteiger charge is -2.15. The summed E-state index contributed by atoms with van der Waals surface area (Å²) in [4.78, 5) is 0. The Morgan fingerprint density at radius 3 is 2.63 bits per heavy atom. The molecular formula is C15H16ClFN2. The third kappa shape index (κ3) is 3.38. The molecule has 3 N–H and O–H groups in total. The minimum Gasteiger partial charge on any atom is -0.397 e. The number of rotatable bonds is 4. The topological polar surface area (TPSA) is 38.0 Å². The number of hydrogen-bond donors (Lipinski definition) is 2. The standard InChI is InChI=1S/C15H16ClFN2/c1-10(11-5-3-2-4-6-11)9-19-15-7-12(16)13(17)8-14(15)18/h2-8,10,19H,9,18H2,1H3. The summed E-state index contributed by atoms with van der Waals surface area (Å²) in [5, 5.41) is 3.28. The highest BCUT2D eigenvalue weighted by atomic mass is 35.5. The highest BCUT2D eigenvalue weighted by molar-refractivity contribution is 6.31. The summed E-state index contributed by atoms with van der Waals surface area (Å²) >= 11 is 5.75. The maximum atomic E-state index is 13.2. The molecule has 0 fully saturated rings. The first-order chi connectivity index (χ1) is 9.08. The van der Waals surface area contributed by atoms with E-state index >= 15 is 0 Å². The van der Waals surface area contributed by atoms with Crippen LogP contribution in [0.1, 0.15) is 18.4 Å². The van der Waals surface area contributed by atoms with Crippen molar-refractivity contribution in [2.75, 3.05) is 17.6 Å². The molecule has 0 saturated carbocycles. The molecule has 0 spiro atoms. The largest absolute Gasteiger partial charge is 0.397 e. The molecule has 0 aromatic heterocycles. The Morgan fingerprint density at radius 1 is 1.26 bits per heavy atom. The van der Waals surface area contributed by atoms with Crippen molar-refractivity contribution in [3.8, 4) is 0 Å². The second-order valence-corrected chi connectivity index (χ2v) is 4.95. The molecule has 2 rings (SSSR count). The zero-order valence-corrected chi connectivity index (χ0v) is 11.4. The smallest absolute Gasteiger partial charge is 0.143 e. The van der Waals surface area contributed by atoms with Gasteiger partial charge in [0.1, 0.15) is 5.82 Å². The van der Waals surface area contributed by atoms with Crippen LogP contribution in [0.2, 0.25) is 5.02 Å². The van der Waals surface area contributed by atoms with Crippen LogP contribution in [0.5, 0.6) is 0 Å². The number of hydrogen-bond acceptors (Lipinski definition) is 2. The summed E-state index contributed by atoms with van der Waals surface area (Å²) < 4.78 is 13.2. The molecule has 1 atom stereocenters. The van der Waals surface area contributed by atoms with Crippen LogP contribution in [0.3, 0.4) is 0 Å². The Kier molecular flexibility index (Phi) is 4.27.